The quantitative estimate of drug-likeness (QED) is 0.526. The van der Waals surface area contributed by atoms with Crippen molar-refractivity contribution in [1.82, 2.24) is 15.3 Å². The molecule has 2 atom stereocenters. The van der Waals surface area contributed by atoms with Crippen molar-refractivity contribution < 1.29 is 28.9 Å². The number of carbonyl (C=O) groups is 2. The molecule has 0 spiro atoms. The van der Waals surface area contributed by atoms with Crippen LogP contribution in [0.1, 0.15) is 16.7 Å². The molecule has 0 unspecified atom stereocenters. The summed E-state index contributed by atoms with van der Waals surface area (Å²) in [7, 11) is 4.48. The number of amides is 1. The topological polar surface area (TPSA) is 123 Å². The number of aromatic nitrogens is 2. The van der Waals surface area contributed by atoms with Crippen LogP contribution >= 0.6 is 0 Å². The van der Waals surface area contributed by atoms with E-state index in [1.165, 1.54) is 25.2 Å². The van der Waals surface area contributed by atoms with E-state index in [2.05, 4.69) is 15.3 Å². The number of nitrogens with one attached hydrogen (secondary N) is 1. The van der Waals surface area contributed by atoms with E-state index in [0.717, 1.165) is 5.56 Å². The summed E-state index contributed by atoms with van der Waals surface area (Å²) in [5.41, 5.74) is 1.23. The van der Waals surface area contributed by atoms with Crippen molar-refractivity contribution in [3.63, 3.8) is 0 Å². The summed E-state index contributed by atoms with van der Waals surface area (Å²) in [6.45, 7) is 1.80. The number of anilines is 1. The van der Waals surface area contributed by atoms with E-state index >= 15 is 0 Å². The van der Waals surface area contributed by atoms with Gasteiger partial charge in [0.15, 0.2) is 0 Å². The van der Waals surface area contributed by atoms with Crippen LogP contribution in [0.25, 0.3) is 0 Å². The van der Waals surface area contributed by atoms with Gasteiger partial charge < -0.3 is 24.2 Å². The standard InChI is InChI=1S/C25H26N4O6/c1-15-9-11-16(12-10-15)25(17-7-5-6-8-18(17)29(2)21(30)14-26-25)22(23(31)32)35-24-27-19(33-3)13-20(28-24)34-4/h5-13,22,26H,14H2,1-4H3,(H,31,32)/t22-,25+/m1/s1. The Labute approximate surface area is 202 Å². The van der Waals surface area contributed by atoms with Crippen molar-refractivity contribution >= 4 is 17.6 Å². The fourth-order valence-electron chi connectivity index (χ4n) is 4.20. The van der Waals surface area contributed by atoms with Crippen molar-refractivity contribution in [3.05, 3.63) is 71.3 Å². The van der Waals surface area contributed by atoms with Gasteiger partial charge in [0.25, 0.3) is 0 Å². The van der Waals surface area contributed by atoms with Gasteiger partial charge in [-0.3, -0.25) is 10.1 Å². The van der Waals surface area contributed by atoms with Gasteiger partial charge in [0, 0.05) is 18.3 Å². The molecule has 0 saturated heterocycles. The number of aryl methyl sites for hydroxylation is 1. The molecule has 1 aliphatic heterocycles. The average Bonchev–Trinajstić information content (AvgIpc) is 2.98. The fraction of sp³-hybridized carbons (Fsp3) is 0.280. The highest BCUT2D eigenvalue weighted by atomic mass is 16.5. The van der Waals surface area contributed by atoms with Gasteiger partial charge in [-0.15, -0.1) is 0 Å². The van der Waals surface area contributed by atoms with Gasteiger partial charge in [0.05, 0.1) is 26.8 Å². The van der Waals surface area contributed by atoms with E-state index in [-0.39, 0.29) is 30.2 Å². The molecule has 35 heavy (non-hydrogen) atoms. The number of benzene rings is 2. The summed E-state index contributed by atoms with van der Waals surface area (Å²) in [6, 6.07) is 15.7. The Morgan fingerprint density at radius 3 is 2.31 bits per heavy atom. The number of fused-ring (bicyclic) bond motifs is 1. The summed E-state index contributed by atoms with van der Waals surface area (Å²) in [4.78, 5) is 35.6. The van der Waals surface area contributed by atoms with Crippen LogP contribution in [0.5, 0.6) is 17.8 Å². The zero-order valence-corrected chi connectivity index (χ0v) is 19.8. The number of aliphatic carboxylic acids is 1. The van der Waals surface area contributed by atoms with E-state index in [1.54, 1.807) is 31.3 Å². The second-order valence-corrected chi connectivity index (χ2v) is 8.07. The molecule has 10 nitrogen and oxygen atoms in total. The number of carboxylic acids is 1. The molecular weight excluding hydrogens is 452 g/mol. The van der Waals surface area contributed by atoms with Gasteiger partial charge in [-0.1, -0.05) is 48.0 Å². The Morgan fingerprint density at radius 2 is 1.71 bits per heavy atom. The zero-order valence-electron chi connectivity index (χ0n) is 19.8. The summed E-state index contributed by atoms with van der Waals surface area (Å²) < 4.78 is 16.4. The highest BCUT2D eigenvalue weighted by Crippen LogP contribution is 2.42. The van der Waals surface area contributed by atoms with Crippen LogP contribution in [0.2, 0.25) is 0 Å². The minimum Gasteiger partial charge on any atom is -0.481 e. The molecule has 2 aromatic carbocycles. The molecule has 2 heterocycles. The maximum absolute atomic E-state index is 12.9. The molecule has 3 aromatic rings. The predicted octanol–water partition coefficient (Wildman–Crippen LogP) is 2.14. The number of likely N-dealkylation sites (N-methyl/N-ethyl adjacent to an activating group) is 1. The van der Waals surface area contributed by atoms with E-state index in [9.17, 15) is 14.7 Å². The van der Waals surface area contributed by atoms with Gasteiger partial charge in [-0.25, -0.2) is 4.79 Å². The number of carbonyl (C=O) groups excluding carboxylic acids is 1. The fourth-order valence-corrected chi connectivity index (χ4v) is 4.20. The molecule has 1 aromatic heterocycles. The molecule has 0 fully saturated rings. The van der Waals surface area contributed by atoms with Crippen LogP contribution in [-0.4, -0.2) is 60.9 Å². The Bertz CT molecular complexity index is 1230. The lowest BCUT2D eigenvalue weighted by Gasteiger charge is -2.39. The largest absolute Gasteiger partial charge is 0.481 e. The zero-order chi connectivity index (χ0) is 25.2. The molecule has 1 aliphatic rings. The molecule has 182 valence electrons. The summed E-state index contributed by atoms with van der Waals surface area (Å²) in [6.07, 6.45) is -1.58. The van der Waals surface area contributed by atoms with E-state index in [4.69, 9.17) is 14.2 Å². The van der Waals surface area contributed by atoms with E-state index < -0.39 is 17.6 Å². The molecule has 0 aliphatic carbocycles. The number of hydrogen-bond acceptors (Lipinski definition) is 8. The van der Waals surface area contributed by atoms with Crippen LogP contribution in [0, 0.1) is 6.92 Å². The Hall–Kier alpha value is -4.18. The SMILES string of the molecule is COc1cc(OC)nc(O[C@H](C(=O)O)[C@@]2(c3ccc(C)cc3)NCC(=O)N(C)c3ccccc32)n1. The third-order valence-electron chi connectivity index (χ3n) is 6.01. The summed E-state index contributed by atoms with van der Waals surface area (Å²) in [5, 5.41) is 13.7. The third kappa shape index (κ3) is 4.35. The molecule has 2 N–H and O–H groups in total. The Kier molecular flexibility index (Phi) is 6.57. The molecule has 4 rings (SSSR count). The summed E-state index contributed by atoms with van der Waals surface area (Å²) >= 11 is 0. The van der Waals surface area contributed by atoms with E-state index in [1.807, 2.05) is 31.2 Å². The Balaban J connectivity index is 1.98. The number of ether oxygens (including phenoxy) is 3. The van der Waals surface area contributed by atoms with Crippen LogP contribution < -0.4 is 24.4 Å². The van der Waals surface area contributed by atoms with Crippen molar-refractivity contribution in [2.45, 2.75) is 18.6 Å². The van der Waals surface area contributed by atoms with Gasteiger partial charge in [-0.05, 0) is 18.6 Å². The van der Waals surface area contributed by atoms with Crippen molar-refractivity contribution in [2.24, 2.45) is 0 Å². The number of nitrogens with zero attached hydrogens (tertiary/aromatic N) is 3. The second kappa shape index (κ2) is 9.59. The van der Waals surface area contributed by atoms with Crippen molar-refractivity contribution in [1.29, 1.82) is 0 Å². The van der Waals surface area contributed by atoms with Crippen LogP contribution in [-0.2, 0) is 15.1 Å². The maximum Gasteiger partial charge on any atom is 0.347 e. The van der Waals surface area contributed by atoms with Gasteiger partial charge in [0.2, 0.25) is 23.8 Å². The predicted molar refractivity (Wildman–Crippen MR) is 127 cm³/mol. The number of methoxy groups -OCH3 is 2. The highest BCUT2D eigenvalue weighted by molar-refractivity contribution is 5.97. The molecular formula is C25H26N4O6. The van der Waals surface area contributed by atoms with Crippen LogP contribution in [0.4, 0.5) is 5.69 Å². The molecule has 10 heteroatoms. The normalized spacial score (nSPS) is 18.3. The molecule has 0 radical (unpaired) electrons. The van der Waals surface area contributed by atoms with Gasteiger partial charge in [-0.2, -0.15) is 9.97 Å². The van der Waals surface area contributed by atoms with Gasteiger partial charge in [0.1, 0.15) is 5.54 Å². The molecule has 0 bridgehead atoms. The van der Waals surface area contributed by atoms with Crippen molar-refractivity contribution in [3.8, 4) is 17.8 Å². The Morgan fingerprint density at radius 1 is 1.09 bits per heavy atom. The smallest absolute Gasteiger partial charge is 0.347 e. The first-order valence-electron chi connectivity index (χ1n) is 10.8. The van der Waals surface area contributed by atoms with Gasteiger partial charge >= 0.3 is 12.0 Å². The molecule has 1 amide bonds. The maximum atomic E-state index is 12.9. The molecule has 0 saturated carbocycles. The number of carboxylic acid groups (broad SMARTS) is 1. The first kappa shape index (κ1) is 24.0. The first-order valence-corrected chi connectivity index (χ1v) is 10.8. The average molecular weight is 479 g/mol. The lowest BCUT2D eigenvalue weighted by molar-refractivity contribution is -0.149. The monoisotopic (exact) mass is 478 g/mol. The number of hydrogen-bond donors (Lipinski definition) is 2. The number of para-hydroxylation sites is 1. The second-order valence-electron chi connectivity index (χ2n) is 8.07. The lowest BCUT2D eigenvalue weighted by Crippen LogP contribution is -2.58. The van der Waals surface area contributed by atoms with Crippen LogP contribution in [0.3, 0.4) is 0 Å². The summed E-state index contributed by atoms with van der Waals surface area (Å²) in [5.74, 6) is -1.22. The van der Waals surface area contributed by atoms with E-state index in [0.29, 0.717) is 16.8 Å². The highest BCUT2D eigenvalue weighted by Gasteiger charge is 2.51. The van der Waals surface area contributed by atoms with Crippen molar-refractivity contribution in [2.75, 3.05) is 32.7 Å². The lowest BCUT2D eigenvalue weighted by atomic mass is 9.77. The minimum absolute atomic E-state index is 0.130. The third-order valence-corrected chi connectivity index (χ3v) is 6.01. The minimum atomic E-state index is -1.58. The first-order chi connectivity index (χ1) is 16.8. The number of rotatable bonds is 7. The van der Waals surface area contributed by atoms with Crippen LogP contribution in [0.15, 0.2) is 54.6 Å².